The number of aromatic hydroxyl groups is 2. The lowest BCUT2D eigenvalue weighted by atomic mass is 10.1. The molecule has 0 saturated carbocycles. The first-order valence-electron chi connectivity index (χ1n) is 8.75. The molecule has 2 aromatic heterocycles. The van der Waals surface area contributed by atoms with Crippen molar-refractivity contribution in [2.75, 3.05) is 12.4 Å². The van der Waals surface area contributed by atoms with Gasteiger partial charge < -0.3 is 24.7 Å². The number of esters is 1. The third kappa shape index (κ3) is 3.28. The standard InChI is InChI=1S/C21H15N3O6/c1-29-21(28)12-6-3-9-15-17(12)24-20(30-15)11-5-2-7-13(25)16(11)23-19(27)18-14(26)8-4-10-22-18/h2-10,25-26H,1H3,(H,23,27). The first-order chi connectivity index (χ1) is 14.5. The van der Waals surface area contributed by atoms with E-state index in [0.29, 0.717) is 5.58 Å². The number of methoxy groups -OCH3 is 1. The van der Waals surface area contributed by atoms with Gasteiger partial charge in [0, 0.05) is 6.20 Å². The Bertz CT molecular complexity index is 1280. The van der Waals surface area contributed by atoms with Gasteiger partial charge in [-0.1, -0.05) is 12.1 Å². The average molecular weight is 405 g/mol. The summed E-state index contributed by atoms with van der Waals surface area (Å²) in [5, 5.41) is 22.7. The number of pyridine rings is 1. The summed E-state index contributed by atoms with van der Waals surface area (Å²) in [4.78, 5) is 32.8. The Morgan fingerprint density at radius 3 is 2.57 bits per heavy atom. The van der Waals surface area contributed by atoms with E-state index in [0.717, 1.165) is 0 Å². The molecule has 0 fully saturated rings. The van der Waals surface area contributed by atoms with E-state index in [1.165, 1.54) is 31.5 Å². The van der Waals surface area contributed by atoms with E-state index in [-0.39, 0.29) is 45.4 Å². The van der Waals surface area contributed by atoms with Crippen molar-refractivity contribution >= 4 is 28.7 Å². The number of phenols is 1. The zero-order chi connectivity index (χ0) is 21.3. The number of nitrogens with one attached hydrogen (secondary N) is 1. The van der Waals surface area contributed by atoms with Crippen LogP contribution in [0.5, 0.6) is 11.5 Å². The molecule has 3 N–H and O–H groups in total. The van der Waals surface area contributed by atoms with E-state index >= 15 is 0 Å². The number of fused-ring (bicyclic) bond motifs is 1. The second-order valence-corrected chi connectivity index (χ2v) is 6.19. The van der Waals surface area contributed by atoms with Crippen LogP contribution in [0.2, 0.25) is 0 Å². The monoisotopic (exact) mass is 405 g/mol. The number of nitrogens with zero attached hydrogens (tertiary/aromatic N) is 2. The van der Waals surface area contributed by atoms with Gasteiger partial charge in [0.05, 0.1) is 23.9 Å². The molecule has 0 spiro atoms. The number of oxazole rings is 1. The Hall–Kier alpha value is -4.40. The smallest absolute Gasteiger partial charge is 0.340 e. The van der Waals surface area contributed by atoms with E-state index in [1.54, 1.807) is 30.3 Å². The van der Waals surface area contributed by atoms with Crippen LogP contribution in [-0.2, 0) is 4.74 Å². The van der Waals surface area contributed by atoms with Gasteiger partial charge in [-0.05, 0) is 36.4 Å². The predicted molar refractivity (Wildman–Crippen MR) is 106 cm³/mol. The van der Waals surface area contributed by atoms with E-state index in [2.05, 4.69) is 15.3 Å². The van der Waals surface area contributed by atoms with Gasteiger partial charge in [0.25, 0.3) is 5.91 Å². The zero-order valence-electron chi connectivity index (χ0n) is 15.6. The summed E-state index contributed by atoms with van der Waals surface area (Å²) in [5.41, 5.74) is 0.897. The molecule has 0 bridgehead atoms. The van der Waals surface area contributed by atoms with Gasteiger partial charge >= 0.3 is 5.97 Å². The van der Waals surface area contributed by atoms with Gasteiger partial charge in [0.2, 0.25) is 5.89 Å². The number of anilines is 1. The molecule has 2 aromatic carbocycles. The molecule has 4 rings (SSSR count). The molecular weight excluding hydrogens is 390 g/mol. The number of amides is 1. The maximum absolute atomic E-state index is 12.6. The van der Waals surface area contributed by atoms with Crippen molar-refractivity contribution in [3.8, 4) is 23.0 Å². The molecule has 9 heteroatoms. The van der Waals surface area contributed by atoms with Crippen molar-refractivity contribution in [3.05, 3.63) is 66.0 Å². The molecule has 30 heavy (non-hydrogen) atoms. The first kappa shape index (κ1) is 18.9. The summed E-state index contributed by atoms with van der Waals surface area (Å²) in [6, 6.07) is 12.1. The Labute approximate surface area is 169 Å². The topological polar surface area (TPSA) is 135 Å². The highest BCUT2D eigenvalue weighted by Crippen LogP contribution is 2.37. The van der Waals surface area contributed by atoms with Crippen LogP contribution in [0.25, 0.3) is 22.6 Å². The summed E-state index contributed by atoms with van der Waals surface area (Å²) in [7, 11) is 1.26. The molecule has 0 saturated heterocycles. The number of rotatable bonds is 4. The first-order valence-corrected chi connectivity index (χ1v) is 8.75. The van der Waals surface area contributed by atoms with Gasteiger partial charge in [-0.3, -0.25) is 4.79 Å². The molecule has 0 atom stereocenters. The van der Waals surface area contributed by atoms with Crippen LogP contribution >= 0.6 is 0 Å². The average Bonchev–Trinajstić information content (AvgIpc) is 3.19. The fourth-order valence-corrected chi connectivity index (χ4v) is 2.93. The molecule has 9 nitrogen and oxygen atoms in total. The molecule has 0 aliphatic heterocycles. The number of hydrogen-bond donors (Lipinski definition) is 3. The second kappa shape index (κ2) is 7.55. The molecule has 0 aliphatic rings. The van der Waals surface area contributed by atoms with Crippen LogP contribution in [0.4, 0.5) is 5.69 Å². The van der Waals surface area contributed by atoms with Crippen molar-refractivity contribution in [2.45, 2.75) is 0 Å². The Balaban J connectivity index is 1.80. The van der Waals surface area contributed by atoms with Crippen LogP contribution in [0, 0.1) is 0 Å². The number of benzene rings is 2. The van der Waals surface area contributed by atoms with Gasteiger partial charge in [-0.2, -0.15) is 0 Å². The van der Waals surface area contributed by atoms with E-state index in [1.807, 2.05) is 0 Å². The molecule has 2 heterocycles. The fraction of sp³-hybridized carbons (Fsp3) is 0.0476. The van der Waals surface area contributed by atoms with Crippen LogP contribution < -0.4 is 5.32 Å². The Kier molecular flexibility index (Phi) is 4.77. The third-order valence-corrected chi connectivity index (χ3v) is 4.34. The number of para-hydroxylation sites is 2. The number of phenolic OH excluding ortho intramolecular Hbond substituents is 1. The van der Waals surface area contributed by atoms with E-state index < -0.39 is 11.9 Å². The lowest BCUT2D eigenvalue weighted by Gasteiger charge is -2.11. The summed E-state index contributed by atoms with van der Waals surface area (Å²) < 4.78 is 10.5. The predicted octanol–water partition coefficient (Wildman–Crippen LogP) is 3.34. The summed E-state index contributed by atoms with van der Waals surface area (Å²) in [5.74, 6) is -1.79. The van der Waals surface area contributed by atoms with Crippen molar-refractivity contribution in [1.82, 2.24) is 9.97 Å². The third-order valence-electron chi connectivity index (χ3n) is 4.34. The second-order valence-electron chi connectivity index (χ2n) is 6.19. The molecular formula is C21H15N3O6. The quantitative estimate of drug-likeness (QED) is 0.348. The number of carbonyl (C=O) groups excluding carboxylic acids is 2. The molecule has 1 amide bonds. The molecule has 4 aromatic rings. The minimum Gasteiger partial charge on any atom is -0.506 e. The highest BCUT2D eigenvalue weighted by Gasteiger charge is 2.22. The largest absolute Gasteiger partial charge is 0.506 e. The molecule has 0 aliphatic carbocycles. The molecule has 150 valence electrons. The minimum absolute atomic E-state index is 0.0127. The van der Waals surface area contributed by atoms with E-state index in [4.69, 9.17) is 9.15 Å². The van der Waals surface area contributed by atoms with Crippen molar-refractivity contribution < 1.29 is 29.0 Å². The van der Waals surface area contributed by atoms with E-state index in [9.17, 15) is 19.8 Å². The van der Waals surface area contributed by atoms with Gasteiger partial charge in [0.15, 0.2) is 11.3 Å². The van der Waals surface area contributed by atoms with Crippen molar-refractivity contribution in [2.24, 2.45) is 0 Å². The van der Waals surface area contributed by atoms with Gasteiger partial charge in [-0.15, -0.1) is 0 Å². The van der Waals surface area contributed by atoms with Crippen LogP contribution in [0.15, 0.2) is 59.1 Å². The van der Waals surface area contributed by atoms with Crippen LogP contribution in [0.1, 0.15) is 20.8 Å². The Morgan fingerprint density at radius 2 is 1.80 bits per heavy atom. The molecule has 0 radical (unpaired) electrons. The van der Waals surface area contributed by atoms with Crippen molar-refractivity contribution in [1.29, 1.82) is 0 Å². The number of aromatic nitrogens is 2. The SMILES string of the molecule is COC(=O)c1cccc2oc(-c3cccc(O)c3NC(=O)c3ncccc3O)nc12. The van der Waals surface area contributed by atoms with Crippen LogP contribution in [-0.4, -0.2) is 39.2 Å². The number of hydrogen-bond acceptors (Lipinski definition) is 8. The maximum atomic E-state index is 12.6. The summed E-state index contributed by atoms with van der Waals surface area (Å²) in [6.45, 7) is 0. The Morgan fingerprint density at radius 1 is 1.03 bits per heavy atom. The lowest BCUT2D eigenvalue weighted by molar-refractivity contribution is 0.0602. The van der Waals surface area contributed by atoms with Crippen LogP contribution in [0.3, 0.4) is 0 Å². The summed E-state index contributed by atoms with van der Waals surface area (Å²) >= 11 is 0. The lowest BCUT2D eigenvalue weighted by Crippen LogP contribution is -2.14. The minimum atomic E-state index is -0.734. The fourth-order valence-electron chi connectivity index (χ4n) is 2.93. The highest BCUT2D eigenvalue weighted by atomic mass is 16.5. The van der Waals surface area contributed by atoms with Gasteiger partial charge in [-0.25, -0.2) is 14.8 Å². The van der Waals surface area contributed by atoms with Gasteiger partial charge in [0.1, 0.15) is 17.0 Å². The number of carbonyl (C=O) groups is 2. The normalized spacial score (nSPS) is 10.7. The highest BCUT2D eigenvalue weighted by molar-refractivity contribution is 6.07. The molecule has 0 unspecified atom stereocenters. The van der Waals surface area contributed by atoms with Crippen molar-refractivity contribution in [3.63, 3.8) is 0 Å². The summed E-state index contributed by atoms with van der Waals surface area (Å²) in [6.07, 6.45) is 1.36. The zero-order valence-corrected chi connectivity index (χ0v) is 15.6. The number of ether oxygens (including phenoxy) is 1. The maximum Gasteiger partial charge on any atom is 0.340 e.